The molecule has 0 amide bonds. The molecule has 0 N–H and O–H groups in total. The molecule has 0 unspecified atom stereocenters. The molecule has 3 heteroatoms. The Morgan fingerprint density at radius 3 is 1.67 bits per heavy atom. The topological polar surface area (TPSA) is 26.3 Å². The second kappa shape index (κ2) is 7.97. The van der Waals surface area contributed by atoms with E-state index >= 15 is 0 Å². The van der Waals surface area contributed by atoms with Gasteiger partial charge in [-0.3, -0.25) is 4.79 Å². The lowest BCUT2D eigenvalue weighted by molar-refractivity contribution is -0.142. The van der Waals surface area contributed by atoms with Gasteiger partial charge in [0, 0.05) is 0 Å². The van der Waals surface area contributed by atoms with Crippen LogP contribution in [0.3, 0.4) is 0 Å². The summed E-state index contributed by atoms with van der Waals surface area (Å²) in [5, 5.41) is 0.0425. The third kappa shape index (κ3) is 5.81. The van der Waals surface area contributed by atoms with Crippen molar-refractivity contribution >= 4 is 14.3 Å². The highest BCUT2D eigenvalue weighted by atomic mass is 28.4. The smallest absolute Gasteiger partial charge is 0.296 e. The summed E-state index contributed by atoms with van der Waals surface area (Å²) in [5.74, 6) is 0.196. The van der Waals surface area contributed by atoms with Gasteiger partial charge in [-0.15, -0.1) is 0 Å². The molecule has 0 aromatic heterocycles. The molecule has 0 spiro atoms. The molecule has 0 aromatic rings. The Bertz CT molecular complexity index is 371. The Morgan fingerprint density at radius 1 is 1.00 bits per heavy atom. The number of rotatable bonds is 6. The van der Waals surface area contributed by atoms with Crippen LogP contribution in [0.25, 0.3) is 0 Å². The fraction of sp³-hybridized carbons (Fsp3) is 0.722. The second-order valence-corrected chi connectivity index (χ2v) is 12.2. The average Bonchev–Trinajstić information content (AvgIpc) is 2.27. The minimum Gasteiger partial charge on any atom is -0.519 e. The lowest BCUT2D eigenvalue weighted by atomic mass is 9.83. The SMILES string of the molecule is C/C=C/[C@@H](C)C(C(=O)O[Si](C)(C)C(C)(C)C)[C@H](C)/C=C/C. The number of carbonyl (C=O) groups excluding carboxylic acids is 1. The molecule has 0 aromatic carbocycles. The van der Waals surface area contributed by atoms with Crippen molar-refractivity contribution in [1.82, 2.24) is 0 Å². The highest BCUT2D eigenvalue weighted by Crippen LogP contribution is 2.38. The Kier molecular flexibility index (Phi) is 7.66. The van der Waals surface area contributed by atoms with Crippen molar-refractivity contribution in [2.24, 2.45) is 17.8 Å². The van der Waals surface area contributed by atoms with Gasteiger partial charge in [0.15, 0.2) is 0 Å². The van der Waals surface area contributed by atoms with Crippen LogP contribution < -0.4 is 0 Å². The van der Waals surface area contributed by atoms with Crippen molar-refractivity contribution in [2.45, 2.75) is 66.6 Å². The quantitative estimate of drug-likeness (QED) is 0.473. The lowest BCUT2D eigenvalue weighted by Gasteiger charge is -2.37. The van der Waals surface area contributed by atoms with Crippen molar-refractivity contribution in [3.8, 4) is 0 Å². The zero-order valence-corrected chi connectivity index (χ0v) is 16.4. The predicted octanol–water partition coefficient (Wildman–Crippen LogP) is 5.58. The number of hydrogen-bond donors (Lipinski definition) is 0. The van der Waals surface area contributed by atoms with Gasteiger partial charge in [0.1, 0.15) is 0 Å². The summed E-state index contributed by atoms with van der Waals surface area (Å²) in [4.78, 5) is 12.8. The zero-order chi connectivity index (χ0) is 16.8. The van der Waals surface area contributed by atoms with Gasteiger partial charge in [-0.2, -0.15) is 0 Å². The van der Waals surface area contributed by atoms with Gasteiger partial charge in [-0.1, -0.05) is 58.9 Å². The number of allylic oxidation sites excluding steroid dienone is 4. The molecule has 21 heavy (non-hydrogen) atoms. The highest BCUT2D eigenvalue weighted by Gasteiger charge is 2.42. The van der Waals surface area contributed by atoms with Gasteiger partial charge in [0.25, 0.3) is 14.3 Å². The van der Waals surface area contributed by atoms with Crippen molar-refractivity contribution in [3.05, 3.63) is 24.3 Å². The van der Waals surface area contributed by atoms with E-state index in [2.05, 4.69) is 59.9 Å². The van der Waals surface area contributed by atoms with E-state index in [1.54, 1.807) is 0 Å². The molecular weight excluding hydrogens is 276 g/mol. The largest absolute Gasteiger partial charge is 0.519 e. The predicted molar refractivity (Wildman–Crippen MR) is 94.7 cm³/mol. The second-order valence-electron chi connectivity index (χ2n) is 7.48. The number of carbonyl (C=O) groups is 1. The van der Waals surface area contributed by atoms with Crippen molar-refractivity contribution in [1.29, 1.82) is 0 Å². The van der Waals surface area contributed by atoms with Crippen LogP contribution in [-0.2, 0) is 9.22 Å². The average molecular weight is 311 g/mol. The molecule has 2 nitrogen and oxygen atoms in total. The van der Waals surface area contributed by atoms with Crippen LogP contribution in [-0.4, -0.2) is 14.3 Å². The molecule has 2 atom stereocenters. The van der Waals surface area contributed by atoms with E-state index in [4.69, 9.17) is 4.43 Å². The lowest BCUT2D eigenvalue weighted by Crippen LogP contribution is -2.45. The summed E-state index contributed by atoms with van der Waals surface area (Å²) in [6, 6.07) is 0. The maximum absolute atomic E-state index is 12.8. The Labute approximate surface area is 132 Å². The molecule has 0 bridgehead atoms. The first-order valence-corrected chi connectivity index (χ1v) is 10.9. The van der Waals surface area contributed by atoms with Crippen molar-refractivity contribution < 1.29 is 9.22 Å². The molecule has 0 saturated heterocycles. The molecule has 0 radical (unpaired) electrons. The van der Waals surface area contributed by atoms with Crippen molar-refractivity contribution in [3.63, 3.8) is 0 Å². The fourth-order valence-corrected chi connectivity index (χ4v) is 3.17. The van der Waals surface area contributed by atoms with Gasteiger partial charge in [0.05, 0.1) is 5.92 Å². The highest BCUT2D eigenvalue weighted by molar-refractivity contribution is 6.75. The Morgan fingerprint density at radius 2 is 1.38 bits per heavy atom. The van der Waals surface area contributed by atoms with Gasteiger partial charge >= 0.3 is 0 Å². The van der Waals surface area contributed by atoms with Crippen LogP contribution in [0.5, 0.6) is 0 Å². The first kappa shape index (κ1) is 20.2. The minimum atomic E-state index is -2.07. The minimum absolute atomic E-state index is 0.0425. The third-order valence-electron chi connectivity index (χ3n) is 4.56. The molecular formula is C18H34O2Si. The Hall–Kier alpha value is -0.833. The molecule has 0 rings (SSSR count). The van der Waals surface area contributed by atoms with Crippen LogP contribution in [0.2, 0.25) is 18.1 Å². The maximum atomic E-state index is 12.8. The monoisotopic (exact) mass is 310 g/mol. The molecule has 0 aliphatic carbocycles. The van der Waals surface area contributed by atoms with Crippen LogP contribution in [0, 0.1) is 17.8 Å². The molecule has 0 heterocycles. The van der Waals surface area contributed by atoms with E-state index in [0.717, 1.165) is 0 Å². The molecule has 0 fully saturated rings. The molecule has 0 aliphatic rings. The van der Waals surface area contributed by atoms with Gasteiger partial charge in [-0.05, 0) is 43.8 Å². The van der Waals surface area contributed by atoms with E-state index < -0.39 is 8.32 Å². The summed E-state index contributed by atoms with van der Waals surface area (Å²) in [6.07, 6.45) is 8.22. The standard InChI is InChI=1S/C18H34O2Si/c1-10-12-14(3)16(15(4)13-11-2)17(19)20-21(8,9)18(5,6)7/h10-16H,1-9H3/b12-10+,13-11+/t14-,15-/m1/s1. The van der Waals surface area contributed by atoms with Crippen molar-refractivity contribution in [2.75, 3.05) is 0 Å². The number of hydrogen-bond acceptors (Lipinski definition) is 2. The van der Waals surface area contributed by atoms with Crippen LogP contribution in [0.15, 0.2) is 24.3 Å². The summed E-state index contributed by atoms with van der Waals surface area (Å²) >= 11 is 0. The summed E-state index contributed by atoms with van der Waals surface area (Å²) in [7, 11) is -2.07. The van der Waals surface area contributed by atoms with E-state index in [-0.39, 0.29) is 28.8 Å². The Balaban J connectivity index is 5.31. The van der Waals surface area contributed by atoms with Crippen LogP contribution in [0.1, 0.15) is 48.5 Å². The van der Waals surface area contributed by atoms with E-state index in [9.17, 15) is 4.79 Å². The van der Waals surface area contributed by atoms with Crippen LogP contribution >= 0.6 is 0 Å². The van der Waals surface area contributed by atoms with Gasteiger partial charge < -0.3 is 4.43 Å². The van der Waals surface area contributed by atoms with E-state index in [1.807, 2.05) is 26.0 Å². The molecule has 0 aliphatic heterocycles. The maximum Gasteiger partial charge on any atom is 0.296 e. The van der Waals surface area contributed by atoms with Gasteiger partial charge in [0.2, 0.25) is 0 Å². The van der Waals surface area contributed by atoms with E-state index in [1.165, 1.54) is 0 Å². The summed E-state index contributed by atoms with van der Waals surface area (Å²) < 4.78 is 6.03. The fourth-order valence-electron chi connectivity index (χ4n) is 2.23. The van der Waals surface area contributed by atoms with Crippen LogP contribution in [0.4, 0.5) is 0 Å². The molecule has 122 valence electrons. The first-order chi connectivity index (χ1) is 9.47. The van der Waals surface area contributed by atoms with E-state index in [0.29, 0.717) is 0 Å². The summed E-state index contributed by atoms with van der Waals surface area (Å²) in [6.45, 7) is 18.9. The molecule has 0 saturated carbocycles. The first-order valence-electron chi connectivity index (χ1n) is 7.96. The normalized spacial score (nSPS) is 16.7. The zero-order valence-electron chi connectivity index (χ0n) is 15.4. The third-order valence-corrected chi connectivity index (χ3v) is 8.88. The summed E-state index contributed by atoms with van der Waals surface area (Å²) in [5.41, 5.74) is 0. The van der Waals surface area contributed by atoms with Gasteiger partial charge in [-0.25, -0.2) is 0 Å².